The van der Waals surface area contributed by atoms with Crippen LogP contribution in [-0.2, 0) is 0 Å². The van der Waals surface area contributed by atoms with E-state index in [0.717, 1.165) is 9.80 Å². The van der Waals surface area contributed by atoms with E-state index in [4.69, 9.17) is 18.0 Å². The number of benzene rings is 6. The van der Waals surface area contributed by atoms with Crippen molar-refractivity contribution in [2.24, 2.45) is 0 Å². The predicted octanol–water partition coefficient (Wildman–Crippen LogP) is 7.62. The van der Waals surface area contributed by atoms with Gasteiger partial charge in [0.05, 0.1) is 69.0 Å². The number of carbonyl (C=O) groups excluding carboxylic acids is 4. The smallest absolute Gasteiger partial charge is 0.266 e. The molecule has 56 heavy (non-hydrogen) atoms. The molecule has 0 saturated heterocycles. The zero-order chi connectivity index (χ0) is 39.4. The Morgan fingerprint density at radius 3 is 1.34 bits per heavy atom. The van der Waals surface area contributed by atoms with Crippen LogP contribution >= 0.6 is 0 Å². The quantitative estimate of drug-likeness (QED) is 0.102. The lowest BCUT2D eigenvalue weighted by molar-refractivity contribution is 0.0910. The molecule has 262 valence electrons. The number of nitriles is 3. The van der Waals surface area contributed by atoms with Crippen LogP contribution in [0.15, 0.2) is 109 Å². The highest BCUT2D eigenvalue weighted by atomic mass is 16.2. The Morgan fingerprint density at radius 2 is 0.857 bits per heavy atom. The summed E-state index contributed by atoms with van der Waals surface area (Å²) in [4.78, 5) is 60.1. The monoisotopic (exact) mass is 726 g/mol. The standard InChI is InChI=1S/C44H22N8O4/c1-50-38-19-24(5-13-40(38)52-42(54)35-9-3-26(18-37(35)44(52)56)33-11-7-31(49)16-28(33)21-46)23-4-12-39(29(14-23)22-47)51-41(53)34-8-2-25(17-36(34)43(51)55)32-10-6-30(48)15-27(32)20-45/h2-19H,48-49H2. The van der Waals surface area contributed by atoms with Gasteiger partial charge in [0, 0.05) is 11.4 Å². The summed E-state index contributed by atoms with van der Waals surface area (Å²) < 4.78 is 0. The number of imide groups is 2. The zero-order valence-corrected chi connectivity index (χ0v) is 28.9. The first-order valence-electron chi connectivity index (χ1n) is 16.8. The number of rotatable bonds is 5. The molecule has 0 spiro atoms. The Morgan fingerprint density at radius 1 is 0.446 bits per heavy atom. The van der Waals surface area contributed by atoms with Crippen LogP contribution in [0.25, 0.3) is 38.2 Å². The van der Waals surface area contributed by atoms with Crippen LogP contribution in [0.3, 0.4) is 0 Å². The van der Waals surface area contributed by atoms with Crippen LogP contribution in [0.5, 0.6) is 0 Å². The number of hydrogen-bond acceptors (Lipinski definition) is 9. The molecule has 4 amide bonds. The lowest BCUT2D eigenvalue weighted by Gasteiger charge is -2.18. The van der Waals surface area contributed by atoms with E-state index in [9.17, 15) is 35.0 Å². The molecule has 6 aromatic rings. The van der Waals surface area contributed by atoms with Crippen molar-refractivity contribution < 1.29 is 19.2 Å². The van der Waals surface area contributed by atoms with Crippen LogP contribution in [0, 0.1) is 40.6 Å². The molecule has 8 rings (SSSR count). The van der Waals surface area contributed by atoms with Crippen LogP contribution in [-0.4, -0.2) is 23.6 Å². The summed E-state index contributed by atoms with van der Waals surface area (Å²) in [5.41, 5.74) is 16.8. The van der Waals surface area contributed by atoms with E-state index in [1.165, 1.54) is 60.7 Å². The molecule has 0 aromatic heterocycles. The van der Waals surface area contributed by atoms with Gasteiger partial charge in [-0.2, -0.15) is 15.8 Å². The second-order valence-corrected chi connectivity index (χ2v) is 12.9. The van der Waals surface area contributed by atoms with Gasteiger partial charge in [-0.1, -0.05) is 36.4 Å². The molecule has 0 fully saturated rings. The second kappa shape index (κ2) is 13.0. The highest BCUT2D eigenvalue weighted by Crippen LogP contribution is 2.41. The number of nitrogens with zero attached hydrogens (tertiary/aromatic N) is 6. The van der Waals surface area contributed by atoms with Crippen LogP contribution in [0.2, 0.25) is 0 Å². The molecule has 0 bridgehead atoms. The third kappa shape index (κ3) is 5.28. The Labute approximate surface area is 318 Å². The summed E-state index contributed by atoms with van der Waals surface area (Å²) in [5, 5.41) is 29.5. The van der Waals surface area contributed by atoms with Crippen molar-refractivity contribution in [2.75, 3.05) is 21.3 Å². The number of hydrogen-bond donors (Lipinski definition) is 2. The molecule has 0 unspecified atom stereocenters. The first-order valence-corrected chi connectivity index (χ1v) is 16.8. The number of nitrogens with two attached hydrogens (primary N) is 2. The van der Waals surface area contributed by atoms with E-state index < -0.39 is 23.6 Å². The maximum Gasteiger partial charge on any atom is 0.266 e. The van der Waals surface area contributed by atoms with Gasteiger partial charge in [0.2, 0.25) is 5.69 Å². The molecule has 0 saturated carbocycles. The number of nitrogen functional groups attached to an aromatic ring is 2. The topological polar surface area (TPSA) is 203 Å². The average molecular weight is 727 g/mol. The molecule has 0 aliphatic carbocycles. The van der Waals surface area contributed by atoms with Crippen molar-refractivity contribution in [1.29, 1.82) is 15.8 Å². The minimum absolute atomic E-state index is 0.00720. The van der Waals surface area contributed by atoms with Gasteiger partial charge in [-0.25, -0.2) is 9.74 Å². The predicted molar refractivity (Wildman–Crippen MR) is 207 cm³/mol. The third-order valence-electron chi connectivity index (χ3n) is 9.75. The molecule has 2 aliphatic heterocycles. The molecule has 2 aliphatic rings. The van der Waals surface area contributed by atoms with Gasteiger partial charge in [-0.3, -0.25) is 24.1 Å². The van der Waals surface area contributed by atoms with Crippen molar-refractivity contribution in [3.8, 4) is 51.6 Å². The number of amides is 4. The molecular formula is C44H22N8O4. The molecule has 12 nitrogen and oxygen atoms in total. The van der Waals surface area contributed by atoms with Gasteiger partial charge in [0.15, 0.2) is 0 Å². The van der Waals surface area contributed by atoms with Gasteiger partial charge < -0.3 is 11.5 Å². The summed E-state index contributed by atoms with van der Waals surface area (Å²) in [6, 6.07) is 34.4. The fraction of sp³-hybridized carbons (Fsp3) is 0. The largest absolute Gasteiger partial charge is 0.399 e. The summed E-state index contributed by atoms with van der Waals surface area (Å²) >= 11 is 0. The van der Waals surface area contributed by atoms with Crippen LogP contribution < -0.4 is 21.3 Å². The zero-order valence-electron chi connectivity index (χ0n) is 28.9. The Bertz CT molecular complexity index is 2790. The first-order chi connectivity index (χ1) is 27.1. The number of fused-ring (bicyclic) bond motifs is 2. The maximum absolute atomic E-state index is 13.7. The maximum atomic E-state index is 13.7. The summed E-state index contributed by atoms with van der Waals surface area (Å²) in [6.45, 7) is 7.92. The molecule has 4 N–H and O–H groups in total. The summed E-state index contributed by atoms with van der Waals surface area (Å²) in [5.74, 6) is -2.52. The Balaban J connectivity index is 1.09. The molecule has 0 atom stereocenters. The molecule has 0 radical (unpaired) electrons. The van der Waals surface area contributed by atoms with E-state index in [2.05, 4.69) is 23.1 Å². The van der Waals surface area contributed by atoms with E-state index in [1.54, 1.807) is 48.5 Å². The fourth-order valence-corrected chi connectivity index (χ4v) is 7.05. The average Bonchev–Trinajstić information content (AvgIpc) is 3.62. The van der Waals surface area contributed by atoms with E-state index in [1.807, 2.05) is 0 Å². The Kier molecular flexibility index (Phi) is 7.94. The highest BCUT2D eigenvalue weighted by Gasteiger charge is 2.39. The normalized spacial score (nSPS) is 12.8. The van der Waals surface area contributed by atoms with Crippen LogP contribution in [0.1, 0.15) is 58.1 Å². The fourth-order valence-electron chi connectivity index (χ4n) is 7.05. The Hall–Kier alpha value is -8.84. The highest BCUT2D eigenvalue weighted by molar-refractivity contribution is 6.36. The van der Waals surface area contributed by atoms with Crippen molar-refractivity contribution >= 4 is 52.1 Å². The van der Waals surface area contributed by atoms with Gasteiger partial charge >= 0.3 is 0 Å². The van der Waals surface area contributed by atoms with Crippen LogP contribution in [0.4, 0.5) is 28.4 Å². The van der Waals surface area contributed by atoms with Crippen molar-refractivity contribution in [2.45, 2.75) is 0 Å². The van der Waals surface area contributed by atoms with E-state index >= 15 is 0 Å². The number of anilines is 4. The molecular weight excluding hydrogens is 705 g/mol. The van der Waals surface area contributed by atoms with Gasteiger partial charge in [0.1, 0.15) is 6.07 Å². The molecule has 12 heteroatoms. The SMILES string of the molecule is [C-]#[N+]c1cc(-c2ccc(N3C(=O)c4ccc(-c5ccc(N)cc5C#N)cc4C3=O)c(C#N)c2)ccc1N1C(=O)c2ccc(-c3ccc(N)cc3C#N)cc2C1=O. The molecule has 2 heterocycles. The second-order valence-electron chi connectivity index (χ2n) is 12.9. The van der Waals surface area contributed by atoms with E-state index in [0.29, 0.717) is 55.9 Å². The lowest BCUT2D eigenvalue weighted by Crippen LogP contribution is -2.30. The summed E-state index contributed by atoms with van der Waals surface area (Å²) in [7, 11) is 0. The van der Waals surface area contributed by atoms with Gasteiger partial charge in [-0.05, 0) is 106 Å². The minimum atomic E-state index is -0.642. The summed E-state index contributed by atoms with van der Waals surface area (Å²) in [6.07, 6.45) is 0. The molecule has 6 aromatic carbocycles. The first kappa shape index (κ1) is 34.3. The van der Waals surface area contributed by atoms with Gasteiger partial charge in [0.25, 0.3) is 23.6 Å². The van der Waals surface area contributed by atoms with Gasteiger partial charge in [-0.15, -0.1) is 0 Å². The van der Waals surface area contributed by atoms with E-state index in [-0.39, 0.29) is 44.9 Å². The number of carbonyl (C=O) groups is 4. The van der Waals surface area contributed by atoms with Crippen molar-refractivity contribution in [1.82, 2.24) is 0 Å². The third-order valence-corrected chi connectivity index (χ3v) is 9.75. The van der Waals surface area contributed by atoms with Crippen molar-refractivity contribution in [3.05, 3.63) is 160 Å². The van der Waals surface area contributed by atoms with Crippen molar-refractivity contribution in [3.63, 3.8) is 0 Å². The minimum Gasteiger partial charge on any atom is -0.399 e. The lowest BCUT2D eigenvalue weighted by atomic mass is 9.96.